The summed E-state index contributed by atoms with van der Waals surface area (Å²) in [6, 6.07) is 8.53. The van der Waals surface area contributed by atoms with Crippen LogP contribution in [-0.4, -0.2) is 35.0 Å². The lowest BCUT2D eigenvalue weighted by atomic mass is 10.1. The van der Waals surface area contributed by atoms with Crippen molar-refractivity contribution in [1.82, 2.24) is 4.90 Å². The van der Waals surface area contributed by atoms with Gasteiger partial charge in [0.25, 0.3) is 0 Å². The third kappa shape index (κ3) is 4.32. The Morgan fingerprint density at radius 1 is 1.27 bits per heavy atom. The molecule has 22 heavy (non-hydrogen) atoms. The number of nitrogens with zero attached hydrogens (tertiary/aromatic N) is 2. The van der Waals surface area contributed by atoms with Crippen LogP contribution in [0, 0.1) is 11.3 Å². The van der Waals surface area contributed by atoms with Gasteiger partial charge < -0.3 is 4.74 Å². The molecule has 1 aliphatic carbocycles. The second-order valence-corrected chi connectivity index (χ2v) is 6.45. The number of ketones is 1. The van der Waals surface area contributed by atoms with E-state index in [9.17, 15) is 9.59 Å². The van der Waals surface area contributed by atoms with Gasteiger partial charge in [-0.3, -0.25) is 9.69 Å². The molecule has 0 aliphatic heterocycles. The maximum absolute atomic E-state index is 12.3. The van der Waals surface area contributed by atoms with E-state index in [0.29, 0.717) is 11.1 Å². The molecule has 1 saturated carbocycles. The number of Topliss-reactive ketones (excluding diaryl/α,β-unsaturated/α-hetero) is 1. The zero-order valence-electron chi connectivity index (χ0n) is 13.1. The molecule has 1 amide bonds. The maximum atomic E-state index is 12.3. The molecule has 0 spiro atoms. The Balaban J connectivity index is 2.05. The number of ether oxygens (including phenoxy) is 1. The normalized spacial score (nSPS) is 14.1. The molecule has 0 N–H and O–H groups in total. The zero-order chi connectivity index (χ0) is 16.3. The van der Waals surface area contributed by atoms with Gasteiger partial charge in [0, 0.05) is 11.6 Å². The van der Waals surface area contributed by atoms with Gasteiger partial charge in [0.1, 0.15) is 5.60 Å². The van der Waals surface area contributed by atoms with Crippen LogP contribution >= 0.6 is 0 Å². The highest BCUT2D eigenvalue weighted by molar-refractivity contribution is 5.99. The standard InChI is InChI=1S/C17H20N2O3/c1-17(2,3)22-16(21)19(14-8-9-14)11-15(20)13-6-4-12(10-18)5-7-13/h4-7,14H,8-9,11H2,1-3H3. The minimum Gasteiger partial charge on any atom is -0.444 e. The zero-order valence-corrected chi connectivity index (χ0v) is 13.1. The smallest absolute Gasteiger partial charge is 0.410 e. The SMILES string of the molecule is CC(C)(C)OC(=O)N(CC(=O)c1ccc(C#N)cc1)C1CC1. The second-order valence-electron chi connectivity index (χ2n) is 6.45. The Morgan fingerprint density at radius 2 is 1.86 bits per heavy atom. The van der Waals surface area contributed by atoms with Crippen LogP contribution in [0.15, 0.2) is 24.3 Å². The number of carbonyl (C=O) groups is 2. The Labute approximate surface area is 130 Å². The topological polar surface area (TPSA) is 70.4 Å². The summed E-state index contributed by atoms with van der Waals surface area (Å²) in [5.74, 6) is -0.151. The van der Waals surface area contributed by atoms with Gasteiger partial charge in [-0.15, -0.1) is 0 Å². The third-order valence-electron chi connectivity index (χ3n) is 3.27. The Kier molecular flexibility index (Phi) is 4.51. The lowest BCUT2D eigenvalue weighted by Gasteiger charge is -2.27. The van der Waals surface area contributed by atoms with Gasteiger partial charge in [-0.1, -0.05) is 12.1 Å². The van der Waals surface area contributed by atoms with Gasteiger partial charge in [0.05, 0.1) is 18.2 Å². The van der Waals surface area contributed by atoms with Crippen molar-refractivity contribution >= 4 is 11.9 Å². The van der Waals surface area contributed by atoms with Crippen molar-refractivity contribution in [2.75, 3.05) is 6.54 Å². The number of nitriles is 1. The first-order chi connectivity index (χ1) is 10.3. The van der Waals surface area contributed by atoms with Crippen molar-refractivity contribution in [1.29, 1.82) is 5.26 Å². The van der Waals surface area contributed by atoms with Gasteiger partial charge in [0.15, 0.2) is 5.78 Å². The maximum Gasteiger partial charge on any atom is 0.410 e. The van der Waals surface area contributed by atoms with E-state index in [1.807, 2.05) is 6.07 Å². The van der Waals surface area contributed by atoms with Crippen LogP contribution in [0.1, 0.15) is 49.5 Å². The quantitative estimate of drug-likeness (QED) is 0.801. The lowest BCUT2D eigenvalue weighted by Crippen LogP contribution is -2.41. The summed E-state index contributed by atoms with van der Waals surface area (Å²) in [5, 5.41) is 8.77. The second kappa shape index (κ2) is 6.18. The monoisotopic (exact) mass is 300 g/mol. The molecule has 5 nitrogen and oxygen atoms in total. The number of amides is 1. The number of hydrogen-bond acceptors (Lipinski definition) is 4. The first kappa shape index (κ1) is 16.0. The Morgan fingerprint density at radius 3 is 2.32 bits per heavy atom. The van der Waals surface area contributed by atoms with Crippen molar-refractivity contribution < 1.29 is 14.3 Å². The van der Waals surface area contributed by atoms with E-state index < -0.39 is 11.7 Å². The van der Waals surface area contributed by atoms with Crippen LogP contribution in [0.25, 0.3) is 0 Å². The number of rotatable bonds is 4. The van der Waals surface area contributed by atoms with E-state index in [1.165, 1.54) is 4.90 Å². The van der Waals surface area contributed by atoms with Gasteiger partial charge in [-0.05, 0) is 45.7 Å². The Bertz CT molecular complexity index is 604. The fourth-order valence-electron chi connectivity index (χ4n) is 2.03. The predicted octanol–water partition coefficient (Wildman–Crippen LogP) is 3.14. The highest BCUT2D eigenvalue weighted by atomic mass is 16.6. The van der Waals surface area contributed by atoms with Gasteiger partial charge in [-0.25, -0.2) is 4.79 Å². The molecule has 0 heterocycles. The summed E-state index contributed by atoms with van der Waals surface area (Å²) in [6.07, 6.45) is 1.36. The summed E-state index contributed by atoms with van der Waals surface area (Å²) < 4.78 is 5.37. The average molecular weight is 300 g/mol. The fraction of sp³-hybridized carbons (Fsp3) is 0.471. The molecular formula is C17H20N2O3. The molecule has 0 saturated heterocycles. The van der Waals surface area contributed by atoms with E-state index >= 15 is 0 Å². The summed E-state index contributed by atoms with van der Waals surface area (Å²) in [4.78, 5) is 26.0. The van der Waals surface area contributed by atoms with Crippen molar-refractivity contribution in [2.24, 2.45) is 0 Å². The van der Waals surface area contributed by atoms with Crippen LogP contribution in [0.2, 0.25) is 0 Å². The van der Waals surface area contributed by atoms with Crippen molar-refractivity contribution in [3.63, 3.8) is 0 Å². The Hall–Kier alpha value is -2.35. The molecule has 1 aromatic carbocycles. The van der Waals surface area contributed by atoms with Crippen molar-refractivity contribution in [3.8, 4) is 6.07 Å². The van der Waals surface area contributed by atoms with Crippen molar-refractivity contribution in [2.45, 2.75) is 45.3 Å². The lowest BCUT2D eigenvalue weighted by molar-refractivity contribution is 0.0232. The minimum atomic E-state index is -0.582. The number of hydrogen-bond donors (Lipinski definition) is 0. The predicted molar refractivity (Wildman–Crippen MR) is 81.4 cm³/mol. The molecule has 2 rings (SSSR count). The molecule has 1 aromatic rings. The minimum absolute atomic E-state index is 0.00544. The first-order valence-electron chi connectivity index (χ1n) is 7.33. The molecule has 0 radical (unpaired) electrons. The number of benzene rings is 1. The van der Waals surface area contributed by atoms with Crippen molar-refractivity contribution in [3.05, 3.63) is 35.4 Å². The summed E-state index contributed by atoms with van der Waals surface area (Å²) in [6.45, 7) is 5.42. The molecule has 1 aliphatic rings. The summed E-state index contributed by atoms with van der Waals surface area (Å²) in [5.41, 5.74) is 0.415. The molecule has 0 unspecified atom stereocenters. The largest absolute Gasteiger partial charge is 0.444 e. The van der Waals surface area contributed by atoms with E-state index in [4.69, 9.17) is 10.00 Å². The van der Waals surface area contributed by atoms with Crippen LogP contribution in [0.5, 0.6) is 0 Å². The van der Waals surface area contributed by atoms with Gasteiger partial charge in [-0.2, -0.15) is 5.26 Å². The molecule has 0 atom stereocenters. The molecule has 0 bridgehead atoms. The summed E-state index contributed by atoms with van der Waals surface area (Å²) in [7, 11) is 0. The summed E-state index contributed by atoms with van der Waals surface area (Å²) >= 11 is 0. The molecule has 1 fully saturated rings. The third-order valence-corrected chi connectivity index (χ3v) is 3.27. The van der Waals surface area contributed by atoms with E-state index in [2.05, 4.69) is 0 Å². The van der Waals surface area contributed by atoms with E-state index in [1.54, 1.807) is 45.0 Å². The van der Waals surface area contributed by atoms with Crippen LogP contribution < -0.4 is 0 Å². The molecular weight excluding hydrogens is 280 g/mol. The van der Waals surface area contributed by atoms with Gasteiger partial charge in [0.2, 0.25) is 0 Å². The van der Waals surface area contributed by atoms with Crippen LogP contribution in [0.4, 0.5) is 4.79 Å². The van der Waals surface area contributed by atoms with E-state index in [0.717, 1.165) is 12.8 Å². The van der Waals surface area contributed by atoms with Crippen LogP contribution in [0.3, 0.4) is 0 Å². The molecule has 0 aromatic heterocycles. The van der Waals surface area contributed by atoms with Gasteiger partial charge >= 0.3 is 6.09 Å². The highest BCUT2D eigenvalue weighted by Gasteiger charge is 2.36. The van der Waals surface area contributed by atoms with Crippen LogP contribution in [-0.2, 0) is 4.74 Å². The number of carbonyl (C=O) groups excluding carboxylic acids is 2. The fourth-order valence-corrected chi connectivity index (χ4v) is 2.03. The van der Waals surface area contributed by atoms with E-state index in [-0.39, 0.29) is 18.4 Å². The first-order valence-corrected chi connectivity index (χ1v) is 7.33. The highest BCUT2D eigenvalue weighted by Crippen LogP contribution is 2.28. The molecule has 116 valence electrons. The molecule has 5 heteroatoms. The average Bonchev–Trinajstić information content (AvgIpc) is 3.27.